The van der Waals surface area contributed by atoms with Gasteiger partial charge in [0.15, 0.2) is 5.65 Å². The lowest BCUT2D eigenvalue weighted by atomic mass is 10.1. The number of hydrogen-bond acceptors (Lipinski definition) is 5. The lowest BCUT2D eigenvalue weighted by Crippen LogP contribution is -2.34. The van der Waals surface area contributed by atoms with Crippen LogP contribution in [0.1, 0.15) is 12.2 Å². The van der Waals surface area contributed by atoms with Crippen molar-refractivity contribution in [1.29, 1.82) is 0 Å². The van der Waals surface area contributed by atoms with E-state index in [0.717, 1.165) is 31.4 Å². The van der Waals surface area contributed by atoms with Crippen LogP contribution in [0.25, 0.3) is 11.0 Å². The van der Waals surface area contributed by atoms with Crippen molar-refractivity contribution in [2.45, 2.75) is 19.0 Å². The number of hydrogen-bond donors (Lipinski definition) is 2. The van der Waals surface area contributed by atoms with Crippen LogP contribution in [0.5, 0.6) is 0 Å². The SMILES string of the molecule is Cn1ncc2c(=O)[nH]c(CN3CC[C@H]4CNC[C@H]43)nc21. The number of nitrogens with one attached hydrogen (secondary N) is 2. The molecule has 4 heterocycles. The highest BCUT2D eigenvalue weighted by Gasteiger charge is 2.37. The largest absolute Gasteiger partial charge is 0.315 e. The predicted molar refractivity (Wildman–Crippen MR) is 74.3 cm³/mol. The molecule has 0 amide bonds. The molecule has 0 spiro atoms. The molecule has 2 aromatic rings. The molecule has 2 aromatic heterocycles. The van der Waals surface area contributed by atoms with Crippen molar-refractivity contribution in [1.82, 2.24) is 30.0 Å². The van der Waals surface area contributed by atoms with Gasteiger partial charge in [0.1, 0.15) is 11.2 Å². The third-order valence-electron chi connectivity index (χ3n) is 4.56. The molecular formula is C13H18N6O. The fourth-order valence-corrected chi connectivity index (χ4v) is 3.48. The predicted octanol–water partition coefficient (Wildman–Crippen LogP) is -0.550. The number of fused-ring (bicyclic) bond motifs is 2. The molecule has 0 bridgehead atoms. The van der Waals surface area contributed by atoms with Gasteiger partial charge in [-0.25, -0.2) is 4.98 Å². The molecule has 2 N–H and O–H groups in total. The van der Waals surface area contributed by atoms with Gasteiger partial charge < -0.3 is 10.3 Å². The number of nitrogens with zero attached hydrogens (tertiary/aromatic N) is 4. The molecule has 7 nitrogen and oxygen atoms in total. The highest BCUT2D eigenvalue weighted by Crippen LogP contribution is 2.27. The first-order chi connectivity index (χ1) is 9.72. The lowest BCUT2D eigenvalue weighted by Gasteiger charge is -2.22. The Kier molecular flexibility index (Phi) is 2.64. The lowest BCUT2D eigenvalue weighted by molar-refractivity contribution is 0.238. The van der Waals surface area contributed by atoms with Crippen LogP contribution in [0.4, 0.5) is 0 Å². The van der Waals surface area contributed by atoms with Crippen molar-refractivity contribution >= 4 is 11.0 Å². The van der Waals surface area contributed by atoms with E-state index in [9.17, 15) is 4.79 Å². The van der Waals surface area contributed by atoms with Crippen molar-refractivity contribution < 1.29 is 0 Å². The molecule has 0 aliphatic carbocycles. The number of aromatic amines is 1. The second kappa shape index (κ2) is 4.39. The Balaban J connectivity index is 1.65. The van der Waals surface area contributed by atoms with Crippen LogP contribution in [0.3, 0.4) is 0 Å². The summed E-state index contributed by atoms with van der Waals surface area (Å²) >= 11 is 0. The quantitative estimate of drug-likeness (QED) is 0.768. The van der Waals surface area contributed by atoms with Crippen LogP contribution >= 0.6 is 0 Å². The topological polar surface area (TPSA) is 78.8 Å². The van der Waals surface area contributed by atoms with Crippen LogP contribution in [-0.4, -0.2) is 50.3 Å². The number of rotatable bonds is 2. The van der Waals surface area contributed by atoms with Gasteiger partial charge in [0.25, 0.3) is 5.56 Å². The maximum atomic E-state index is 12.0. The van der Waals surface area contributed by atoms with E-state index < -0.39 is 0 Å². The second-order valence-electron chi connectivity index (χ2n) is 5.76. The molecule has 0 radical (unpaired) electrons. The molecule has 2 saturated heterocycles. The standard InChI is InChI=1S/C13H18N6O/c1-18-12-9(5-15-18)13(20)17-11(16-12)7-19-3-2-8-4-14-6-10(8)19/h5,8,10,14H,2-4,6-7H2,1H3,(H,16,17,20)/t8-,10+/m0/s1. The van der Waals surface area contributed by atoms with E-state index in [0.29, 0.717) is 23.6 Å². The minimum Gasteiger partial charge on any atom is -0.315 e. The van der Waals surface area contributed by atoms with Gasteiger partial charge >= 0.3 is 0 Å². The number of likely N-dealkylation sites (tertiary alicyclic amines) is 1. The van der Waals surface area contributed by atoms with Crippen molar-refractivity contribution in [2.75, 3.05) is 19.6 Å². The minimum absolute atomic E-state index is 0.0987. The van der Waals surface area contributed by atoms with Crippen LogP contribution in [0.15, 0.2) is 11.0 Å². The summed E-state index contributed by atoms with van der Waals surface area (Å²) in [5.74, 6) is 1.49. The average Bonchev–Trinajstić information content (AvgIpc) is 3.09. The van der Waals surface area contributed by atoms with E-state index in [1.807, 2.05) is 7.05 Å². The van der Waals surface area contributed by atoms with Gasteiger partial charge in [0, 0.05) is 19.6 Å². The highest BCUT2D eigenvalue weighted by molar-refractivity contribution is 5.72. The molecule has 106 valence electrons. The van der Waals surface area contributed by atoms with Crippen molar-refractivity contribution in [3.05, 3.63) is 22.4 Å². The summed E-state index contributed by atoms with van der Waals surface area (Å²) in [6.07, 6.45) is 2.80. The van der Waals surface area contributed by atoms with Crippen molar-refractivity contribution in [3.63, 3.8) is 0 Å². The van der Waals surface area contributed by atoms with Gasteiger partial charge in [-0.3, -0.25) is 14.4 Å². The van der Waals surface area contributed by atoms with E-state index in [-0.39, 0.29) is 5.56 Å². The Hall–Kier alpha value is -1.73. The van der Waals surface area contributed by atoms with E-state index >= 15 is 0 Å². The van der Waals surface area contributed by atoms with Crippen LogP contribution in [0, 0.1) is 5.92 Å². The Labute approximate surface area is 116 Å². The Morgan fingerprint density at radius 3 is 3.25 bits per heavy atom. The molecule has 2 fully saturated rings. The molecular weight excluding hydrogens is 256 g/mol. The van der Waals surface area contributed by atoms with E-state index in [1.165, 1.54) is 6.42 Å². The molecule has 0 unspecified atom stereocenters. The molecule has 20 heavy (non-hydrogen) atoms. The zero-order valence-corrected chi connectivity index (χ0v) is 11.5. The van der Waals surface area contributed by atoms with E-state index in [4.69, 9.17) is 0 Å². The molecule has 2 atom stereocenters. The fraction of sp³-hybridized carbons (Fsp3) is 0.615. The number of H-pyrrole nitrogens is 1. The first kappa shape index (κ1) is 12.0. The molecule has 2 aliphatic rings. The summed E-state index contributed by atoms with van der Waals surface area (Å²) in [6, 6.07) is 0.586. The van der Waals surface area contributed by atoms with Crippen molar-refractivity contribution in [2.24, 2.45) is 13.0 Å². The highest BCUT2D eigenvalue weighted by atomic mass is 16.1. The Morgan fingerprint density at radius 2 is 2.35 bits per heavy atom. The van der Waals surface area contributed by atoms with Crippen LogP contribution in [0.2, 0.25) is 0 Å². The van der Waals surface area contributed by atoms with Gasteiger partial charge in [-0.1, -0.05) is 0 Å². The van der Waals surface area contributed by atoms with Gasteiger partial charge in [-0.15, -0.1) is 0 Å². The molecule has 0 aromatic carbocycles. The summed E-state index contributed by atoms with van der Waals surface area (Å²) in [6.45, 7) is 3.96. The van der Waals surface area contributed by atoms with Gasteiger partial charge in [0.2, 0.25) is 0 Å². The molecule has 4 rings (SSSR count). The second-order valence-corrected chi connectivity index (χ2v) is 5.76. The normalized spacial score (nSPS) is 26.4. The summed E-state index contributed by atoms with van der Waals surface area (Å²) in [5.41, 5.74) is 0.558. The van der Waals surface area contributed by atoms with Gasteiger partial charge in [0.05, 0.1) is 12.7 Å². The molecule has 7 heteroatoms. The molecule has 0 saturated carbocycles. The Morgan fingerprint density at radius 1 is 1.45 bits per heavy atom. The summed E-state index contributed by atoms with van der Waals surface area (Å²) in [5, 5.41) is 8.08. The maximum absolute atomic E-state index is 12.0. The maximum Gasteiger partial charge on any atom is 0.262 e. The monoisotopic (exact) mass is 274 g/mol. The first-order valence-electron chi connectivity index (χ1n) is 7.08. The molecule has 2 aliphatic heterocycles. The zero-order valence-electron chi connectivity index (χ0n) is 11.5. The van der Waals surface area contributed by atoms with Gasteiger partial charge in [-0.05, 0) is 25.4 Å². The van der Waals surface area contributed by atoms with Crippen molar-refractivity contribution in [3.8, 4) is 0 Å². The number of aryl methyl sites for hydroxylation is 1. The fourth-order valence-electron chi connectivity index (χ4n) is 3.48. The van der Waals surface area contributed by atoms with Gasteiger partial charge in [-0.2, -0.15) is 5.10 Å². The number of aromatic nitrogens is 4. The van der Waals surface area contributed by atoms with E-state index in [1.54, 1.807) is 10.9 Å². The first-order valence-corrected chi connectivity index (χ1v) is 7.08. The third-order valence-corrected chi connectivity index (χ3v) is 4.56. The third kappa shape index (κ3) is 1.77. The minimum atomic E-state index is -0.0987. The van der Waals surface area contributed by atoms with Crippen LogP contribution in [-0.2, 0) is 13.6 Å². The summed E-state index contributed by atoms with van der Waals surface area (Å²) < 4.78 is 1.65. The average molecular weight is 274 g/mol. The zero-order chi connectivity index (χ0) is 13.7. The Bertz CT molecular complexity index is 704. The van der Waals surface area contributed by atoms with Crippen LogP contribution < -0.4 is 10.9 Å². The summed E-state index contributed by atoms with van der Waals surface area (Å²) in [7, 11) is 1.81. The smallest absolute Gasteiger partial charge is 0.262 e. The van der Waals surface area contributed by atoms with E-state index in [2.05, 4.69) is 25.3 Å². The summed E-state index contributed by atoms with van der Waals surface area (Å²) in [4.78, 5) is 21.9.